The molecule has 0 aliphatic rings. The van der Waals surface area contributed by atoms with E-state index in [9.17, 15) is 14.7 Å². The average molecular weight is 278 g/mol. The van der Waals surface area contributed by atoms with E-state index in [0.717, 1.165) is 0 Å². The number of carbonyl (C=O) groups is 2. The fraction of sp³-hybridized carbons (Fsp3) is 0.467. The maximum atomic E-state index is 12.3. The van der Waals surface area contributed by atoms with Crippen molar-refractivity contribution in [2.45, 2.75) is 38.8 Å². The van der Waals surface area contributed by atoms with Gasteiger partial charge >= 0.3 is 5.97 Å². The average Bonchev–Trinajstić information content (AvgIpc) is 2.44. The lowest BCUT2D eigenvalue weighted by Gasteiger charge is -2.28. The van der Waals surface area contributed by atoms with E-state index >= 15 is 0 Å². The van der Waals surface area contributed by atoms with E-state index in [1.54, 1.807) is 38.1 Å². The first-order valence-electron chi connectivity index (χ1n) is 6.68. The van der Waals surface area contributed by atoms with Gasteiger partial charge in [0.15, 0.2) is 0 Å². The third-order valence-electron chi connectivity index (χ3n) is 3.61. The summed E-state index contributed by atoms with van der Waals surface area (Å²) in [5, 5.41) is 11.7. The molecule has 5 heteroatoms. The molecule has 0 saturated carbocycles. The van der Waals surface area contributed by atoms with Crippen molar-refractivity contribution in [1.82, 2.24) is 5.32 Å². The highest BCUT2D eigenvalue weighted by Gasteiger charge is 2.34. The minimum Gasteiger partial charge on any atom is -0.480 e. The molecule has 20 heavy (non-hydrogen) atoms. The summed E-state index contributed by atoms with van der Waals surface area (Å²) in [7, 11) is 0. The first-order valence-corrected chi connectivity index (χ1v) is 6.68. The molecule has 0 aliphatic carbocycles. The maximum Gasteiger partial charge on any atom is 0.326 e. The molecule has 0 heterocycles. The molecule has 0 radical (unpaired) electrons. The summed E-state index contributed by atoms with van der Waals surface area (Å²) in [6.45, 7) is 5.24. The minimum atomic E-state index is -1.26. The van der Waals surface area contributed by atoms with Crippen LogP contribution in [-0.2, 0) is 15.1 Å². The first kappa shape index (κ1) is 16.2. The van der Waals surface area contributed by atoms with Gasteiger partial charge in [0.05, 0.1) is 0 Å². The zero-order valence-corrected chi connectivity index (χ0v) is 12.1. The van der Waals surface area contributed by atoms with Gasteiger partial charge in [-0.25, -0.2) is 4.79 Å². The Hall–Kier alpha value is -1.88. The van der Waals surface area contributed by atoms with Crippen LogP contribution in [0.1, 0.15) is 32.8 Å². The van der Waals surface area contributed by atoms with E-state index in [0.29, 0.717) is 12.0 Å². The second kappa shape index (κ2) is 6.52. The lowest BCUT2D eigenvalue weighted by Crippen LogP contribution is -2.55. The molecule has 0 saturated heterocycles. The van der Waals surface area contributed by atoms with Gasteiger partial charge < -0.3 is 16.2 Å². The van der Waals surface area contributed by atoms with Crippen LogP contribution in [0.4, 0.5) is 0 Å². The first-order chi connectivity index (χ1) is 9.30. The second-order valence-electron chi connectivity index (χ2n) is 5.24. The van der Waals surface area contributed by atoms with Crippen LogP contribution in [0.25, 0.3) is 0 Å². The molecule has 2 unspecified atom stereocenters. The Balaban J connectivity index is 2.91. The van der Waals surface area contributed by atoms with Crippen LogP contribution in [0, 0.1) is 5.92 Å². The van der Waals surface area contributed by atoms with Crippen LogP contribution >= 0.6 is 0 Å². The fourth-order valence-corrected chi connectivity index (χ4v) is 1.89. The molecular formula is C15H22N2O3. The smallest absolute Gasteiger partial charge is 0.326 e. The quantitative estimate of drug-likeness (QED) is 0.734. The molecule has 3 atom stereocenters. The van der Waals surface area contributed by atoms with Crippen molar-refractivity contribution in [2.75, 3.05) is 0 Å². The van der Waals surface area contributed by atoms with Gasteiger partial charge in [0, 0.05) is 0 Å². The molecule has 4 N–H and O–H groups in total. The van der Waals surface area contributed by atoms with Crippen LogP contribution < -0.4 is 11.1 Å². The van der Waals surface area contributed by atoms with Crippen LogP contribution in [0.5, 0.6) is 0 Å². The van der Waals surface area contributed by atoms with Crippen molar-refractivity contribution in [1.29, 1.82) is 0 Å². The van der Waals surface area contributed by atoms with E-state index in [-0.39, 0.29) is 5.92 Å². The predicted octanol–water partition coefficient (Wildman–Crippen LogP) is 1.48. The Morgan fingerprint density at radius 1 is 1.35 bits per heavy atom. The van der Waals surface area contributed by atoms with E-state index in [4.69, 9.17) is 5.73 Å². The number of amides is 1. The maximum absolute atomic E-state index is 12.3. The molecule has 1 amide bonds. The number of aliphatic carboxylic acids is 1. The number of benzene rings is 1. The summed E-state index contributed by atoms with van der Waals surface area (Å²) in [6, 6.07) is 7.97. The summed E-state index contributed by atoms with van der Waals surface area (Å²) in [5.74, 6) is -1.70. The van der Waals surface area contributed by atoms with Gasteiger partial charge in [0.25, 0.3) is 0 Å². The van der Waals surface area contributed by atoms with Gasteiger partial charge in [0.2, 0.25) is 5.91 Å². The van der Waals surface area contributed by atoms with E-state index in [1.165, 1.54) is 0 Å². The van der Waals surface area contributed by atoms with Crippen LogP contribution in [0.3, 0.4) is 0 Å². The summed E-state index contributed by atoms with van der Waals surface area (Å²) in [5.41, 5.74) is 5.45. The third-order valence-corrected chi connectivity index (χ3v) is 3.61. The lowest BCUT2D eigenvalue weighted by molar-refractivity contribution is -0.144. The third kappa shape index (κ3) is 3.57. The molecule has 0 fully saturated rings. The summed E-state index contributed by atoms with van der Waals surface area (Å²) < 4.78 is 0. The minimum absolute atomic E-state index is 0.164. The Morgan fingerprint density at radius 3 is 2.35 bits per heavy atom. The lowest BCUT2D eigenvalue weighted by atomic mass is 9.90. The molecule has 1 aromatic rings. The van der Waals surface area contributed by atoms with E-state index < -0.39 is 23.5 Å². The molecule has 0 spiro atoms. The van der Waals surface area contributed by atoms with Crippen LogP contribution in [0.15, 0.2) is 30.3 Å². The van der Waals surface area contributed by atoms with E-state index in [1.807, 2.05) is 13.0 Å². The van der Waals surface area contributed by atoms with Crippen LogP contribution in [0.2, 0.25) is 0 Å². The highest BCUT2D eigenvalue weighted by atomic mass is 16.4. The number of nitrogens with one attached hydrogen (secondary N) is 1. The molecule has 1 rings (SSSR count). The Kier molecular flexibility index (Phi) is 5.27. The Labute approximate surface area is 119 Å². The molecule has 110 valence electrons. The van der Waals surface area contributed by atoms with Crippen LogP contribution in [-0.4, -0.2) is 23.0 Å². The summed E-state index contributed by atoms with van der Waals surface area (Å²) >= 11 is 0. The normalized spacial score (nSPS) is 16.8. The highest BCUT2D eigenvalue weighted by molar-refractivity contribution is 5.90. The predicted molar refractivity (Wildman–Crippen MR) is 77.0 cm³/mol. The second-order valence-corrected chi connectivity index (χ2v) is 5.24. The largest absolute Gasteiger partial charge is 0.480 e. The van der Waals surface area contributed by atoms with Crippen molar-refractivity contribution in [3.05, 3.63) is 35.9 Å². The van der Waals surface area contributed by atoms with Gasteiger partial charge in [-0.15, -0.1) is 0 Å². The number of hydrogen-bond acceptors (Lipinski definition) is 3. The molecular weight excluding hydrogens is 256 g/mol. The number of nitrogens with two attached hydrogens (primary N) is 1. The van der Waals surface area contributed by atoms with Crippen molar-refractivity contribution < 1.29 is 14.7 Å². The summed E-state index contributed by atoms with van der Waals surface area (Å²) in [4.78, 5) is 23.5. The van der Waals surface area contributed by atoms with E-state index in [2.05, 4.69) is 5.32 Å². The zero-order valence-electron chi connectivity index (χ0n) is 12.1. The topological polar surface area (TPSA) is 92.4 Å². The van der Waals surface area contributed by atoms with Crippen molar-refractivity contribution >= 4 is 11.9 Å². The number of carboxylic acid groups (broad SMARTS) is 1. The van der Waals surface area contributed by atoms with Gasteiger partial charge in [-0.3, -0.25) is 4.79 Å². The SMILES string of the molecule is CCC(C)[C@H](NC(=O)C(C)(N)c1ccccc1)C(=O)O. The summed E-state index contributed by atoms with van der Waals surface area (Å²) in [6.07, 6.45) is 0.657. The van der Waals surface area contributed by atoms with Crippen molar-refractivity contribution in [2.24, 2.45) is 11.7 Å². The molecule has 0 aliphatic heterocycles. The molecule has 0 bridgehead atoms. The molecule has 0 aromatic heterocycles. The fourth-order valence-electron chi connectivity index (χ4n) is 1.89. The van der Waals surface area contributed by atoms with Gasteiger partial charge in [-0.2, -0.15) is 0 Å². The Morgan fingerprint density at radius 2 is 1.90 bits per heavy atom. The number of carboxylic acids is 1. The van der Waals surface area contributed by atoms with Crippen molar-refractivity contribution in [3.8, 4) is 0 Å². The highest BCUT2D eigenvalue weighted by Crippen LogP contribution is 2.18. The van der Waals surface area contributed by atoms with Crippen molar-refractivity contribution in [3.63, 3.8) is 0 Å². The van der Waals surface area contributed by atoms with Gasteiger partial charge in [-0.1, -0.05) is 50.6 Å². The number of rotatable bonds is 6. The Bertz CT molecular complexity index is 471. The number of hydrogen-bond donors (Lipinski definition) is 3. The van der Waals surface area contributed by atoms with Gasteiger partial charge in [-0.05, 0) is 18.4 Å². The van der Waals surface area contributed by atoms with Gasteiger partial charge in [0.1, 0.15) is 11.6 Å². The standard InChI is InChI=1S/C15H22N2O3/c1-4-10(2)12(13(18)19)17-14(20)15(3,16)11-8-6-5-7-9-11/h5-10,12H,4,16H2,1-3H3,(H,17,20)(H,18,19)/t10?,12-,15?/m0/s1. The monoisotopic (exact) mass is 278 g/mol. The molecule has 1 aromatic carbocycles. The number of carbonyl (C=O) groups excluding carboxylic acids is 1. The zero-order chi connectivity index (χ0) is 15.3. The molecule has 5 nitrogen and oxygen atoms in total.